The van der Waals surface area contributed by atoms with Gasteiger partial charge in [0.05, 0.1) is 17.4 Å². The van der Waals surface area contributed by atoms with Crippen LogP contribution < -0.4 is 5.73 Å². The second-order valence-electron chi connectivity index (χ2n) is 4.08. The van der Waals surface area contributed by atoms with E-state index in [2.05, 4.69) is 29.0 Å². The fraction of sp³-hybridized carbons (Fsp3) is 0.364. The highest BCUT2D eigenvalue weighted by Gasteiger charge is 2.12. The number of pyridine rings is 1. The van der Waals surface area contributed by atoms with Crippen LogP contribution in [0, 0.1) is 5.92 Å². The maximum atomic E-state index is 5.77. The van der Waals surface area contributed by atoms with Crippen LogP contribution in [-0.2, 0) is 6.42 Å². The number of hydrogen-bond donors (Lipinski definition) is 1. The lowest BCUT2D eigenvalue weighted by molar-refractivity contribution is 0.418. The molecule has 2 aromatic rings. The van der Waals surface area contributed by atoms with E-state index in [9.17, 15) is 0 Å². The molecule has 0 aromatic carbocycles. The minimum Gasteiger partial charge on any atom is -0.397 e. The molecule has 2 N–H and O–H groups in total. The van der Waals surface area contributed by atoms with Crippen LogP contribution in [0.4, 0.5) is 5.69 Å². The van der Waals surface area contributed by atoms with Gasteiger partial charge in [-0.25, -0.2) is 0 Å². The predicted octanol–water partition coefficient (Wildman–Crippen LogP) is 1.91. The molecule has 2 rings (SSSR count). The zero-order valence-corrected chi connectivity index (χ0v) is 9.34. The lowest BCUT2D eigenvalue weighted by Gasteiger charge is -1.98. The first-order chi connectivity index (χ1) is 7.66. The topological polar surface area (TPSA) is 77.8 Å². The SMILES string of the molecule is CC(C)Cc1noc(-c2ccncc2N)n1. The van der Waals surface area contributed by atoms with E-state index in [1.165, 1.54) is 0 Å². The molecule has 0 saturated heterocycles. The number of hydrogen-bond acceptors (Lipinski definition) is 5. The summed E-state index contributed by atoms with van der Waals surface area (Å²) in [4.78, 5) is 8.21. The van der Waals surface area contributed by atoms with Crippen molar-refractivity contribution in [3.05, 3.63) is 24.3 Å². The van der Waals surface area contributed by atoms with Gasteiger partial charge in [0.2, 0.25) is 0 Å². The van der Waals surface area contributed by atoms with Gasteiger partial charge < -0.3 is 10.3 Å². The Morgan fingerprint density at radius 3 is 2.94 bits per heavy atom. The van der Waals surface area contributed by atoms with Crippen LogP contribution in [-0.4, -0.2) is 15.1 Å². The average Bonchev–Trinajstić information content (AvgIpc) is 2.66. The summed E-state index contributed by atoms with van der Waals surface area (Å²) < 4.78 is 5.16. The van der Waals surface area contributed by atoms with Gasteiger partial charge in [0.25, 0.3) is 5.89 Å². The molecule has 0 unspecified atom stereocenters. The summed E-state index contributed by atoms with van der Waals surface area (Å²) in [6, 6.07) is 1.77. The molecule has 5 nitrogen and oxygen atoms in total. The molecule has 0 saturated carbocycles. The van der Waals surface area contributed by atoms with Crippen molar-refractivity contribution in [2.75, 3.05) is 5.73 Å². The van der Waals surface area contributed by atoms with E-state index >= 15 is 0 Å². The van der Waals surface area contributed by atoms with E-state index in [4.69, 9.17) is 10.3 Å². The Labute approximate surface area is 93.7 Å². The average molecular weight is 218 g/mol. The Balaban J connectivity index is 2.28. The highest BCUT2D eigenvalue weighted by molar-refractivity contribution is 5.68. The normalized spacial score (nSPS) is 10.9. The maximum absolute atomic E-state index is 5.77. The Morgan fingerprint density at radius 2 is 2.25 bits per heavy atom. The fourth-order valence-electron chi connectivity index (χ4n) is 1.41. The summed E-state index contributed by atoms with van der Waals surface area (Å²) in [5, 5.41) is 3.91. The van der Waals surface area contributed by atoms with Gasteiger partial charge in [0, 0.05) is 12.6 Å². The van der Waals surface area contributed by atoms with Crippen LogP contribution in [0.1, 0.15) is 19.7 Å². The van der Waals surface area contributed by atoms with Crippen molar-refractivity contribution in [2.45, 2.75) is 20.3 Å². The standard InChI is InChI=1S/C11H14N4O/c1-7(2)5-10-14-11(16-15-10)8-3-4-13-6-9(8)12/h3-4,6-7H,5,12H2,1-2H3. The van der Waals surface area contributed by atoms with Gasteiger partial charge in [-0.3, -0.25) is 4.98 Å². The van der Waals surface area contributed by atoms with Crippen molar-refractivity contribution in [1.29, 1.82) is 0 Å². The van der Waals surface area contributed by atoms with Gasteiger partial charge >= 0.3 is 0 Å². The second kappa shape index (κ2) is 4.30. The number of nitrogens with two attached hydrogens (primary N) is 1. The Hall–Kier alpha value is -1.91. The van der Waals surface area contributed by atoms with Crippen molar-refractivity contribution in [3.8, 4) is 11.5 Å². The third-order valence-electron chi connectivity index (χ3n) is 2.14. The van der Waals surface area contributed by atoms with E-state index in [1.807, 2.05) is 0 Å². The molecule has 0 bridgehead atoms. The Morgan fingerprint density at radius 1 is 1.44 bits per heavy atom. The van der Waals surface area contributed by atoms with E-state index in [0.29, 0.717) is 23.3 Å². The van der Waals surface area contributed by atoms with E-state index < -0.39 is 0 Å². The highest BCUT2D eigenvalue weighted by atomic mass is 16.5. The first kappa shape index (κ1) is 10.6. The van der Waals surface area contributed by atoms with E-state index in [1.54, 1.807) is 18.5 Å². The molecular weight excluding hydrogens is 204 g/mol. The van der Waals surface area contributed by atoms with Gasteiger partial charge in [-0.05, 0) is 12.0 Å². The summed E-state index contributed by atoms with van der Waals surface area (Å²) in [6.45, 7) is 4.22. The summed E-state index contributed by atoms with van der Waals surface area (Å²) in [7, 11) is 0. The quantitative estimate of drug-likeness (QED) is 0.851. The first-order valence-corrected chi connectivity index (χ1v) is 5.19. The van der Waals surface area contributed by atoms with Gasteiger partial charge in [0.15, 0.2) is 5.82 Å². The number of aromatic nitrogens is 3. The van der Waals surface area contributed by atoms with Gasteiger partial charge in [-0.1, -0.05) is 19.0 Å². The lowest BCUT2D eigenvalue weighted by Crippen LogP contribution is -1.96. The molecule has 5 heteroatoms. The lowest BCUT2D eigenvalue weighted by atomic mass is 10.1. The molecule has 16 heavy (non-hydrogen) atoms. The Kier molecular flexibility index (Phi) is 2.85. The van der Waals surface area contributed by atoms with Gasteiger partial charge in [-0.2, -0.15) is 4.98 Å². The summed E-state index contributed by atoms with van der Waals surface area (Å²) in [5.74, 6) is 1.66. The van der Waals surface area contributed by atoms with Crippen molar-refractivity contribution in [3.63, 3.8) is 0 Å². The van der Waals surface area contributed by atoms with Crippen LogP contribution >= 0.6 is 0 Å². The van der Waals surface area contributed by atoms with Crippen LogP contribution in [0.5, 0.6) is 0 Å². The monoisotopic (exact) mass is 218 g/mol. The molecule has 0 aliphatic carbocycles. The molecule has 2 heterocycles. The minimum atomic E-state index is 0.454. The third-order valence-corrected chi connectivity index (χ3v) is 2.14. The molecule has 84 valence electrons. The number of nitrogens with zero attached hydrogens (tertiary/aromatic N) is 3. The molecule has 0 amide bonds. The molecule has 2 aromatic heterocycles. The molecule has 0 atom stereocenters. The first-order valence-electron chi connectivity index (χ1n) is 5.19. The Bertz CT molecular complexity index is 478. The third kappa shape index (κ3) is 2.18. The van der Waals surface area contributed by atoms with Crippen molar-refractivity contribution >= 4 is 5.69 Å². The molecule has 0 aliphatic heterocycles. The van der Waals surface area contributed by atoms with Crippen molar-refractivity contribution in [2.24, 2.45) is 5.92 Å². The molecule has 0 spiro atoms. The highest BCUT2D eigenvalue weighted by Crippen LogP contribution is 2.22. The predicted molar refractivity (Wildman–Crippen MR) is 60.5 cm³/mol. The van der Waals surface area contributed by atoms with Crippen molar-refractivity contribution < 1.29 is 4.52 Å². The van der Waals surface area contributed by atoms with Crippen LogP contribution in [0.25, 0.3) is 11.5 Å². The smallest absolute Gasteiger partial charge is 0.260 e. The molecule has 0 radical (unpaired) electrons. The van der Waals surface area contributed by atoms with Crippen molar-refractivity contribution in [1.82, 2.24) is 15.1 Å². The van der Waals surface area contributed by atoms with Gasteiger partial charge in [0.1, 0.15) is 0 Å². The van der Waals surface area contributed by atoms with Crippen LogP contribution in [0.15, 0.2) is 23.0 Å². The fourth-order valence-corrected chi connectivity index (χ4v) is 1.41. The van der Waals surface area contributed by atoms with Crippen LogP contribution in [0.2, 0.25) is 0 Å². The largest absolute Gasteiger partial charge is 0.397 e. The van der Waals surface area contributed by atoms with Gasteiger partial charge in [-0.15, -0.1) is 0 Å². The summed E-state index contributed by atoms with van der Waals surface area (Å²) in [5.41, 5.74) is 7.05. The van der Waals surface area contributed by atoms with Crippen LogP contribution in [0.3, 0.4) is 0 Å². The number of rotatable bonds is 3. The number of anilines is 1. The zero-order chi connectivity index (χ0) is 11.5. The maximum Gasteiger partial charge on any atom is 0.260 e. The number of nitrogen functional groups attached to an aromatic ring is 1. The summed E-state index contributed by atoms with van der Waals surface area (Å²) in [6.07, 6.45) is 4.02. The second-order valence-corrected chi connectivity index (χ2v) is 4.08. The molecular formula is C11H14N4O. The summed E-state index contributed by atoms with van der Waals surface area (Å²) >= 11 is 0. The molecule has 0 fully saturated rings. The minimum absolute atomic E-state index is 0.454. The van der Waals surface area contributed by atoms with E-state index in [-0.39, 0.29) is 0 Å². The van der Waals surface area contributed by atoms with E-state index in [0.717, 1.165) is 12.0 Å². The molecule has 0 aliphatic rings. The zero-order valence-electron chi connectivity index (χ0n) is 9.34.